The fourth-order valence-corrected chi connectivity index (χ4v) is 2.17. The zero-order valence-corrected chi connectivity index (χ0v) is 10.9. The summed E-state index contributed by atoms with van der Waals surface area (Å²) in [4.78, 5) is 7.10. The molecule has 1 N–H and O–H groups in total. The Morgan fingerprint density at radius 1 is 1.39 bits per heavy atom. The van der Waals surface area contributed by atoms with Crippen molar-refractivity contribution in [3.05, 3.63) is 48.0 Å². The number of benzene rings is 1. The zero-order valence-electron chi connectivity index (χ0n) is 9.32. The van der Waals surface area contributed by atoms with Gasteiger partial charge in [-0.05, 0) is 17.7 Å². The molecule has 1 unspecified atom stereocenters. The van der Waals surface area contributed by atoms with Crippen LogP contribution < -0.4 is 4.74 Å². The van der Waals surface area contributed by atoms with Gasteiger partial charge in [-0.25, -0.2) is 4.98 Å². The Morgan fingerprint density at radius 3 is 2.89 bits per heavy atom. The van der Waals surface area contributed by atoms with Gasteiger partial charge < -0.3 is 9.72 Å². The number of ether oxygens (including phenoxy) is 1. The highest BCUT2D eigenvalue weighted by molar-refractivity contribution is 9.09. The van der Waals surface area contributed by atoms with Gasteiger partial charge in [-0.1, -0.05) is 28.1 Å². The van der Waals surface area contributed by atoms with Crippen molar-refractivity contribution in [3.8, 4) is 5.75 Å². The van der Waals surface area contributed by atoms with Crippen LogP contribution in [0.25, 0.3) is 0 Å². The van der Waals surface area contributed by atoms with Crippen LogP contribution >= 0.6 is 15.9 Å². The SMILES string of the molecule is FC(F)Oc1cccc(C(Br)Cc2ncc[nH]2)c1. The molecule has 0 aliphatic carbocycles. The van der Waals surface area contributed by atoms with Gasteiger partial charge in [-0.2, -0.15) is 8.78 Å². The van der Waals surface area contributed by atoms with Gasteiger partial charge in [0.25, 0.3) is 0 Å². The molecule has 0 spiro atoms. The molecule has 2 rings (SSSR count). The Labute approximate surface area is 111 Å². The number of alkyl halides is 3. The minimum Gasteiger partial charge on any atom is -0.435 e. The molecule has 1 aromatic heterocycles. The zero-order chi connectivity index (χ0) is 13.0. The number of aromatic amines is 1. The molecule has 0 radical (unpaired) electrons. The topological polar surface area (TPSA) is 37.9 Å². The maximum atomic E-state index is 12.1. The second-order valence-corrected chi connectivity index (χ2v) is 4.76. The first-order valence-corrected chi connectivity index (χ1v) is 6.24. The van der Waals surface area contributed by atoms with E-state index in [-0.39, 0.29) is 10.6 Å². The molecule has 0 fully saturated rings. The number of nitrogens with one attached hydrogen (secondary N) is 1. The molecule has 0 bridgehead atoms. The van der Waals surface area contributed by atoms with E-state index in [2.05, 4.69) is 30.6 Å². The summed E-state index contributed by atoms with van der Waals surface area (Å²) >= 11 is 3.50. The summed E-state index contributed by atoms with van der Waals surface area (Å²) in [5.74, 6) is 0.989. The standard InChI is InChI=1S/C12H11BrF2N2O/c13-10(7-11-16-4-5-17-11)8-2-1-3-9(6-8)18-12(14)15/h1-6,10,12H,7H2,(H,16,17). The molecule has 1 heterocycles. The van der Waals surface area contributed by atoms with Crippen molar-refractivity contribution in [1.29, 1.82) is 0 Å². The second-order valence-electron chi connectivity index (χ2n) is 3.66. The second kappa shape index (κ2) is 5.95. The molecule has 96 valence electrons. The van der Waals surface area contributed by atoms with Crippen molar-refractivity contribution in [3.63, 3.8) is 0 Å². The molecule has 0 saturated carbocycles. The summed E-state index contributed by atoms with van der Waals surface area (Å²) in [7, 11) is 0. The molecule has 1 atom stereocenters. The lowest BCUT2D eigenvalue weighted by Crippen LogP contribution is -2.03. The minimum atomic E-state index is -2.81. The highest BCUT2D eigenvalue weighted by Gasteiger charge is 2.12. The lowest BCUT2D eigenvalue weighted by Gasteiger charge is -2.11. The van der Waals surface area contributed by atoms with Gasteiger partial charge in [0.2, 0.25) is 0 Å². The van der Waals surface area contributed by atoms with Crippen LogP contribution in [0.15, 0.2) is 36.7 Å². The van der Waals surface area contributed by atoms with Crippen LogP contribution in [0.3, 0.4) is 0 Å². The van der Waals surface area contributed by atoms with Gasteiger partial charge in [0, 0.05) is 23.6 Å². The number of H-pyrrole nitrogens is 1. The van der Waals surface area contributed by atoms with Gasteiger partial charge in [0.15, 0.2) is 0 Å². The summed E-state index contributed by atoms with van der Waals surface area (Å²) in [6.45, 7) is -2.81. The summed E-state index contributed by atoms with van der Waals surface area (Å²) in [6, 6.07) is 6.63. The van der Waals surface area contributed by atoms with Crippen molar-refractivity contribution in [1.82, 2.24) is 9.97 Å². The smallest absolute Gasteiger partial charge is 0.387 e. The van der Waals surface area contributed by atoms with E-state index in [1.807, 2.05) is 6.07 Å². The number of aromatic nitrogens is 2. The molecular weight excluding hydrogens is 306 g/mol. The number of hydrogen-bond donors (Lipinski definition) is 1. The first-order chi connectivity index (χ1) is 8.65. The predicted molar refractivity (Wildman–Crippen MR) is 67.0 cm³/mol. The first kappa shape index (κ1) is 13.0. The molecule has 18 heavy (non-hydrogen) atoms. The van der Waals surface area contributed by atoms with E-state index in [1.54, 1.807) is 24.5 Å². The van der Waals surface area contributed by atoms with E-state index < -0.39 is 6.61 Å². The Bertz CT molecular complexity index is 491. The largest absolute Gasteiger partial charge is 0.435 e. The molecule has 6 heteroatoms. The van der Waals surface area contributed by atoms with Crippen molar-refractivity contribution in [2.24, 2.45) is 0 Å². The summed E-state index contributed by atoms with van der Waals surface area (Å²) in [5, 5.41) is 0. The first-order valence-electron chi connectivity index (χ1n) is 5.32. The number of rotatable bonds is 5. The maximum absolute atomic E-state index is 12.1. The number of nitrogens with zero attached hydrogens (tertiary/aromatic N) is 1. The van der Waals surface area contributed by atoms with Gasteiger partial charge in [0.1, 0.15) is 11.6 Å². The van der Waals surface area contributed by atoms with Crippen molar-refractivity contribution in [2.75, 3.05) is 0 Å². The van der Waals surface area contributed by atoms with E-state index in [0.29, 0.717) is 6.42 Å². The van der Waals surface area contributed by atoms with E-state index in [1.165, 1.54) is 6.07 Å². The molecule has 2 aromatic rings. The Kier molecular flexibility index (Phi) is 4.30. The Balaban J connectivity index is 2.07. The van der Waals surface area contributed by atoms with Crippen LogP contribution in [0.1, 0.15) is 16.2 Å². The van der Waals surface area contributed by atoms with Crippen LogP contribution in [0.5, 0.6) is 5.75 Å². The Hall–Kier alpha value is -1.43. The molecule has 3 nitrogen and oxygen atoms in total. The van der Waals surface area contributed by atoms with Crippen molar-refractivity contribution < 1.29 is 13.5 Å². The summed E-state index contributed by atoms with van der Waals surface area (Å²) in [6.07, 6.45) is 4.06. The van der Waals surface area contributed by atoms with Crippen LogP contribution in [-0.2, 0) is 6.42 Å². The quantitative estimate of drug-likeness (QED) is 0.854. The monoisotopic (exact) mass is 316 g/mol. The normalized spacial score (nSPS) is 12.7. The van der Waals surface area contributed by atoms with Crippen LogP contribution in [0.2, 0.25) is 0 Å². The highest BCUT2D eigenvalue weighted by Crippen LogP contribution is 2.28. The lowest BCUT2D eigenvalue weighted by molar-refractivity contribution is -0.0498. The molecule has 0 amide bonds. The predicted octanol–water partition coefficient (Wildman–Crippen LogP) is 3.69. The summed E-state index contributed by atoms with van der Waals surface area (Å²) in [5.41, 5.74) is 0.865. The average molecular weight is 317 g/mol. The molecule has 1 aromatic carbocycles. The third-order valence-electron chi connectivity index (χ3n) is 2.37. The average Bonchev–Trinajstić information content (AvgIpc) is 2.81. The minimum absolute atomic E-state index is 0.00938. The third kappa shape index (κ3) is 3.53. The van der Waals surface area contributed by atoms with Gasteiger partial charge >= 0.3 is 6.61 Å². The van der Waals surface area contributed by atoms with Gasteiger partial charge in [-0.3, -0.25) is 0 Å². The third-order valence-corrected chi connectivity index (χ3v) is 3.22. The van der Waals surface area contributed by atoms with Crippen molar-refractivity contribution in [2.45, 2.75) is 17.9 Å². The van der Waals surface area contributed by atoms with Crippen LogP contribution in [0.4, 0.5) is 8.78 Å². The maximum Gasteiger partial charge on any atom is 0.387 e. The van der Waals surface area contributed by atoms with Crippen LogP contribution in [-0.4, -0.2) is 16.6 Å². The fraction of sp³-hybridized carbons (Fsp3) is 0.250. The molecular formula is C12H11BrF2N2O. The molecule has 0 aliphatic heterocycles. The van der Waals surface area contributed by atoms with Crippen LogP contribution in [0, 0.1) is 0 Å². The van der Waals surface area contributed by atoms with Gasteiger partial charge in [0.05, 0.1) is 0 Å². The number of imidazole rings is 1. The summed E-state index contributed by atoms with van der Waals surface area (Å²) < 4.78 is 28.6. The molecule has 0 aliphatic rings. The number of halogens is 3. The molecule has 0 saturated heterocycles. The van der Waals surface area contributed by atoms with Gasteiger partial charge in [-0.15, -0.1) is 0 Å². The van der Waals surface area contributed by atoms with E-state index in [4.69, 9.17) is 0 Å². The van der Waals surface area contributed by atoms with E-state index >= 15 is 0 Å². The highest BCUT2D eigenvalue weighted by atomic mass is 79.9. The lowest BCUT2D eigenvalue weighted by atomic mass is 10.1. The van der Waals surface area contributed by atoms with E-state index in [9.17, 15) is 8.78 Å². The van der Waals surface area contributed by atoms with E-state index in [0.717, 1.165) is 11.4 Å². The van der Waals surface area contributed by atoms with Crippen molar-refractivity contribution >= 4 is 15.9 Å². The number of hydrogen-bond acceptors (Lipinski definition) is 2. The fourth-order valence-electron chi connectivity index (χ4n) is 1.58. The Morgan fingerprint density at radius 2 is 2.22 bits per heavy atom.